The molecule has 12 heavy (non-hydrogen) atoms. The van der Waals surface area contributed by atoms with Crippen LogP contribution in [0, 0.1) is 0 Å². The lowest BCUT2D eigenvalue weighted by Crippen LogP contribution is -2.06. The summed E-state index contributed by atoms with van der Waals surface area (Å²) >= 11 is 0. The van der Waals surface area contributed by atoms with Crippen LogP contribution in [0.5, 0.6) is 0 Å². The van der Waals surface area contributed by atoms with Crippen molar-refractivity contribution < 1.29 is 4.79 Å². The molecule has 0 aromatic rings. The Labute approximate surface area is 74.9 Å². The molecule has 1 aliphatic rings. The van der Waals surface area contributed by atoms with Gasteiger partial charge >= 0.3 is 0 Å². The van der Waals surface area contributed by atoms with Gasteiger partial charge in [0.1, 0.15) is 0 Å². The maximum absolute atomic E-state index is 11.2. The average molecular weight is 166 g/mol. The number of carbonyl (C=O) groups excluding carboxylic acids is 1. The Morgan fingerprint density at radius 2 is 2.00 bits per heavy atom. The van der Waals surface area contributed by atoms with Crippen LogP contribution in [0.1, 0.15) is 52.4 Å². The molecule has 1 rings (SSSR count). The standard InChI is InChI=1S/C11H18O/c1-3-6-10-7-4-5-8-11(10)9(2)12/h3-8H2,1-2H3. The van der Waals surface area contributed by atoms with Gasteiger partial charge in [-0.2, -0.15) is 0 Å². The van der Waals surface area contributed by atoms with E-state index in [-0.39, 0.29) is 0 Å². The third-order valence-corrected chi connectivity index (χ3v) is 2.56. The second kappa shape index (κ2) is 4.44. The summed E-state index contributed by atoms with van der Waals surface area (Å²) in [6, 6.07) is 0. The van der Waals surface area contributed by atoms with E-state index in [0.29, 0.717) is 5.78 Å². The molecule has 0 saturated carbocycles. The number of allylic oxidation sites excluding steroid dienone is 2. The quantitative estimate of drug-likeness (QED) is 0.629. The van der Waals surface area contributed by atoms with Gasteiger partial charge in [-0.25, -0.2) is 0 Å². The Morgan fingerprint density at radius 1 is 1.33 bits per heavy atom. The van der Waals surface area contributed by atoms with E-state index in [9.17, 15) is 4.79 Å². The smallest absolute Gasteiger partial charge is 0.155 e. The molecule has 1 nitrogen and oxygen atoms in total. The summed E-state index contributed by atoms with van der Waals surface area (Å²) < 4.78 is 0. The van der Waals surface area contributed by atoms with E-state index in [1.807, 2.05) is 0 Å². The number of rotatable bonds is 3. The van der Waals surface area contributed by atoms with Gasteiger partial charge < -0.3 is 0 Å². The molecule has 0 aromatic heterocycles. The summed E-state index contributed by atoms with van der Waals surface area (Å²) in [5.41, 5.74) is 2.58. The van der Waals surface area contributed by atoms with Crippen molar-refractivity contribution in [3.8, 4) is 0 Å². The second-order valence-corrected chi connectivity index (χ2v) is 3.60. The Kier molecular flexibility index (Phi) is 3.51. The van der Waals surface area contributed by atoms with Gasteiger partial charge in [-0.05, 0) is 44.6 Å². The summed E-state index contributed by atoms with van der Waals surface area (Å²) in [5, 5.41) is 0. The highest BCUT2D eigenvalue weighted by molar-refractivity contribution is 5.94. The average Bonchev–Trinajstić information content (AvgIpc) is 2.05. The first-order valence-electron chi connectivity index (χ1n) is 4.97. The van der Waals surface area contributed by atoms with Crippen LogP contribution in [-0.4, -0.2) is 5.78 Å². The minimum absolute atomic E-state index is 0.304. The van der Waals surface area contributed by atoms with Crippen molar-refractivity contribution >= 4 is 5.78 Å². The van der Waals surface area contributed by atoms with E-state index in [1.165, 1.54) is 31.3 Å². The number of Topliss-reactive ketones (excluding diaryl/α,β-unsaturated/α-hetero) is 1. The number of hydrogen-bond donors (Lipinski definition) is 0. The molecule has 0 atom stereocenters. The molecule has 0 aliphatic heterocycles. The van der Waals surface area contributed by atoms with Crippen LogP contribution in [0.3, 0.4) is 0 Å². The molecule has 0 heterocycles. The highest BCUT2D eigenvalue weighted by Crippen LogP contribution is 2.28. The molecule has 0 fully saturated rings. The molecule has 0 N–H and O–H groups in total. The van der Waals surface area contributed by atoms with Crippen LogP contribution < -0.4 is 0 Å². The van der Waals surface area contributed by atoms with Crippen molar-refractivity contribution in [1.29, 1.82) is 0 Å². The highest BCUT2D eigenvalue weighted by atomic mass is 16.1. The van der Waals surface area contributed by atoms with Gasteiger partial charge in [0.25, 0.3) is 0 Å². The predicted molar refractivity (Wildman–Crippen MR) is 51.1 cm³/mol. The maximum atomic E-state index is 11.2. The van der Waals surface area contributed by atoms with Gasteiger partial charge in [0.15, 0.2) is 5.78 Å². The van der Waals surface area contributed by atoms with Gasteiger partial charge in [0.05, 0.1) is 0 Å². The molecule has 0 spiro atoms. The molecule has 0 unspecified atom stereocenters. The first-order chi connectivity index (χ1) is 5.75. The number of ketones is 1. The van der Waals surface area contributed by atoms with Crippen LogP contribution in [0.15, 0.2) is 11.1 Å². The molecule has 0 amide bonds. The van der Waals surface area contributed by atoms with E-state index in [4.69, 9.17) is 0 Å². The zero-order valence-electron chi connectivity index (χ0n) is 8.15. The van der Waals surface area contributed by atoms with Crippen LogP contribution in [-0.2, 0) is 4.79 Å². The Balaban J connectivity index is 2.75. The molecular formula is C11H18O. The molecular weight excluding hydrogens is 148 g/mol. The van der Waals surface area contributed by atoms with Crippen LogP contribution in [0.25, 0.3) is 0 Å². The predicted octanol–water partition coefficient (Wildman–Crippen LogP) is 3.25. The monoisotopic (exact) mass is 166 g/mol. The fourth-order valence-corrected chi connectivity index (χ4v) is 1.97. The lowest BCUT2D eigenvalue weighted by Gasteiger charge is -2.17. The zero-order chi connectivity index (χ0) is 8.97. The van der Waals surface area contributed by atoms with E-state index >= 15 is 0 Å². The molecule has 0 saturated heterocycles. The summed E-state index contributed by atoms with van der Waals surface area (Å²) in [6.07, 6.45) is 7.00. The SMILES string of the molecule is CCCC1=C(C(C)=O)CCCC1. The molecule has 0 radical (unpaired) electrons. The number of carbonyl (C=O) groups is 1. The minimum Gasteiger partial charge on any atom is -0.295 e. The van der Waals surface area contributed by atoms with E-state index in [0.717, 1.165) is 18.4 Å². The van der Waals surface area contributed by atoms with E-state index in [1.54, 1.807) is 6.92 Å². The highest BCUT2D eigenvalue weighted by Gasteiger charge is 2.14. The normalized spacial score (nSPS) is 18.2. The molecule has 0 aromatic carbocycles. The van der Waals surface area contributed by atoms with Crippen molar-refractivity contribution in [3.05, 3.63) is 11.1 Å². The molecule has 0 bridgehead atoms. The Morgan fingerprint density at radius 3 is 2.58 bits per heavy atom. The fourth-order valence-electron chi connectivity index (χ4n) is 1.97. The van der Waals surface area contributed by atoms with Crippen molar-refractivity contribution in [2.24, 2.45) is 0 Å². The molecule has 1 heteroatoms. The van der Waals surface area contributed by atoms with Crippen molar-refractivity contribution in [3.63, 3.8) is 0 Å². The van der Waals surface area contributed by atoms with Crippen LogP contribution in [0.4, 0.5) is 0 Å². The molecule has 1 aliphatic carbocycles. The van der Waals surface area contributed by atoms with Gasteiger partial charge in [0.2, 0.25) is 0 Å². The van der Waals surface area contributed by atoms with E-state index in [2.05, 4.69) is 6.92 Å². The second-order valence-electron chi connectivity index (χ2n) is 3.60. The first-order valence-corrected chi connectivity index (χ1v) is 4.97. The zero-order valence-corrected chi connectivity index (χ0v) is 8.15. The van der Waals surface area contributed by atoms with Gasteiger partial charge in [-0.15, -0.1) is 0 Å². The maximum Gasteiger partial charge on any atom is 0.155 e. The van der Waals surface area contributed by atoms with Crippen LogP contribution >= 0.6 is 0 Å². The van der Waals surface area contributed by atoms with E-state index < -0.39 is 0 Å². The lowest BCUT2D eigenvalue weighted by molar-refractivity contribution is -0.113. The third-order valence-electron chi connectivity index (χ3n) is 2.56. The largest absolute Gasteiger partial charge is 0.295 e. The summed E-state index contributed by atoms with van der Waals surface area (Å²) in [5.74, 6) is 0.304. The van der Waals surface area contributed by atoms with Crippen molar-refractivity contribution in [2.75, 3.05) is 0 Å². The van der Waals surface area contributed by atoms with Gasteiger partial charge in [-0.1, -0.05) is 18.9 Å². The molecule has 68 valence electrons. The topological polar surface area (TPSA) is 17.1 Å². The van der Waals surface area contributed by atoms with Gasteiger partial charge in [-0.3, -0.25) is 4.79 Å². The summed E-state index contributed by atoms with van der Waals surface area (Å²) in [4.78, 5) is 11.2. The minimum atomic E-state index is 0.304. The van der Waals surface area contributed by atoms with Crippen LogP contribution in [0.2, 0.25) is 0 Å². The fraction of sp³-hybridized carbons (Fsp3) is 0.727. The summed E-state index contributed by atoms with van der Waals surface area (Å²) in [6.45, 7) is 3.88. The first kappa shape index (κ1) is 9.50. The van der Waals surface area contributed by atoms with Crippen molar-refractivity contribution in [2.45, 2.75) is 52.4 Å². The van der Waals surface area contributed by atoms with Crippen molar-refractivity contribution in [1.82, 2.24) is 0 Å². The number of hydrogen-bond acceptors (Lipinski definition) is 1. The lowest BCUT2D eigenvalue weighted by atomic mass is 9.87. The van der Waals surface area contributed by atoms with Gasteiger partial charge in [0, 0.05) is 0 Å². The third kappa shape index (κ3) is 2.20. The Bertz CT molecular complexity index is 201. The Hall–Kier alpha value is -0.590. The summed E-state index contributed by atoms with van der Waals surface area (Å²) in [7, 11) is 0.